The van der Waals surface area contributed by atoms with Crippen LogP contribution in [0.3, 0.4) is 0 Å². The van der Waals surface area contributed by atoms with E-state index in [2.05, 4.69) is 5.32 Å². The highest BCUT2D eigenvalue weighted by molar-refractivity contribution is 5.90. The number of ether oxygens (including phenoxy) is 2. The fourth-order valence-corrected chi connectivity index (χ4v) is 2.01. The molecule has 0 unspecified atom stereocenters. The van der Waals surface area contributed by atoms with E-state index >= 15 is 0 Å². The number of esters is 1. The highest BCUT2D eigenvalue weighted by atomic mass is 16.5. The third-order valence-corrected chi connectivity index (χ3v) is 3.59. The SMILES string of the molecule is COc1cccc(/C=C/C(=O)OCC(=O)N(C)CC(=O)NC2CC2)c1. The van der Waals surface area contributed by atoms with Gasteiger partial charge in [-0.05, 0) is 36.6 Å². The van der Waals surface area contributed by atoms with Crippen molar-refractivity contribution in [2.24, 2.45) is 0 Å². The lowest BCUT2D eigenvalue weighted by atomic mass is 10.2. The number of carbonyl (C=O) groups is 3. The van der Waals surface area contributed by atoms with Crippen molar-refractivity contribution in [2.75, 3.05) is 27.3 Å². The average Bonchev–Trinajstić information content (AvgIpc) is 3.41. The molecule has 2 amide bonds. The van der Waals surface area contributed by atoms with Crippen molar-refractivity contribution in [3.63, 3.8) is 0 Å². The van der Waals surface area contributed by atoms with Gasteiger partial charge in [0.2, 0.25) is 5.91 Å². The van der Waals surface area contributed by atoms with Crippen LogP contribution < -0.4 is 10.1 Å². The zero-order chi connectivity index (χ0) is 18.2. The van der Waals surface area contributed by atoms with E-state index in [0.717, 1.165) is 18.4 Å². The standard InChI is InChI=1S/C18H22N2O5/c1-20(11-16(21)19-14-7-8-14)17(22)12-25-18(23)9-6-13-4-3-5-15(10-13)24-2/h3-6,9-10,14H,7-8,11-12H2,1-2H3,(H,19,21)/b9-6+. The Morgan fingerprint density at radius 1 is 1.32 bits per heavy atom. The molecule has 7 heteroatoms. The van der Waals surface area contributed by atoms with Crippen LogP contribution in [0.25, 0.3) is 6.08 Å². The van der Waals surface area contributed by atoms with Gasteiger partial charge >= 0.3 is 5.97 Å². The summed E-state index contributed by atoms with van der Waals surface area (Å²) < 4.78 is 9.99. The van der Waals surface area contributed by atoms with E-state index in [1.165, 1.54) is 18.0 Å². The molecule has 1 N–H and O–H groups in total. The van der Waals surface area contributed by atoms with Crippen molar-refractivity contribution in [3.05, 3.63) is 35.9 Å². The van der Waals surface area contributed by atoms with Gasteiger partial charge in [0.05, 0.1) is 13.7 Å². The smallest absolute Gasteiger partial charge is 0.331 e. The zero-order valence-electron chi connectivity index (χ0n) is 14.4. The van der Waals surface area contributed by atoms with Gasteiger partial charge in [-0.2, -0.15) is 0 Å². The maximum absolute atomic E-state index is 11.9. The molecule has 0 aliphatic heterocycles. The summed E-state index contributed by atoms with van der Waals surface area (Å²) in [5, 5.41) is 2.79. The van der Waals surface area contributed by atoms with Crippen molar-refractivity contribution in [2.45, 2.75) is 18.9 Å². The second-order valence-electron chi connectivity index (χ2n) is 5.81. The minimum atomic E-state index is -0.632. The summed E-state index contributed by atoms with van der Waals surface area (Å²) in [6.07, 6.45) is 4.78. The van der Waals surface area contributed by atoms with Crippen LogP contribution in [0.15, 0.2) is 30.3 Å². The van der Waals surface area contributed by atoms with Gasteiger partial charge in [0.25, 0.3) is 5.91 Å². The van der Waals surface area contributed by atoms with Gasteiger partial charge in [-0.15, -0.1) is 0 Å². The quantitative estimate of drug-likeness (QED) is 0.560. The van der Waals surface area contributed by atoms with Crippen molar-refractivity contribution in [1.82, 2.24) is 10.2 Å². The third kappa shape index (κ3) is 6.66. The molecule has 134 valence electrons. The van der Waals surface area contributed by atoms with Crippen LogP contribution in [0.1, 0.15) is 18.4 Å². The Bertz CT molecular complexity index is 667. The lowest BCUT2D eigenvalue weighted by Crippen LogP contribution is -2.40. The first kappa shape index (κ1) is 18.5. The van der Waals surface area contributed by atoms with Gasteiger partial charge in [-0.3, -0.25) is 9.59 Å². The molecule has 0 saturated heterocycles. The van der Waals surface area contributed by atoms with Gasteiger partial charge in [0.1, 0.15) is 5.75 Å². The van der Waals surface area contributed by atoms with Gasteiger partial charge in [-0.1, -0.05) is 12.1 Å². The van der Waals surface area contributed by atoms with E-state index in [0.29, 0.717) is 5.75 Å². The largest absolute Gasteiger partial charge is 0.497 e. The van der Waals surface area contributed by atoms with Crippen LogP contribution >= 0.6 is 0 Å². The summed E-state index contributed by atoms with van der Waals surface area (Å²) in [5.74, 6) is -0.597. The Balaban J connectivity index is 1.73. The first-order valence-electron chi connectivity index (χ1n) is 8.00. The fraction of sp³-hybridized carbons (Fsp3) is 0.389. The first-order chi connectivity index (χ1) is 12.0. The van der Waals surface area contributed by atoms with E-state index in [1.54, 1.807) is 31.4 Å². The number of amides is 2. The van der Waals surface area contributed by atoms with E-state index in [4.69, 9.17) is 9.47 Å². The van der Waals surface area contributed by atoms with Crippen LogP contribution in [-0.2, 0) is 19.1 Å². The molecular formula is C18H22N2O5. The summed E-state index contributed by atoms with van der Waals surface area (Å²) >= 11 is 0. The number of benzene rings is 1. The Kier molecular flexibility index (Phi) is 6.56. The second-order valence-corrected chi connectivity index (χ2v) is 5.81. The molecule has 1 saturated carbocycles. The van der Waals surface area contributed by atoms with E-state index < -0.39 is 18.5 Å². The van der Waals surface area contributed by atoms with Crippen LogP contribution in [0.5, 0.6) is 5.75 Å². The number of carbonyl (C=O) groups excluding carboxylic acids is 3. The molecule has 7 nitrogen and oxygen atoms in total. The molecule has 0 atom stereocenters. The number of nitrogens with one attached hydrogen (secondary N) is 1. The zero-order valence-corrected chi connectivity index (χ0v) is 14.4. The normalized spacial score (nSPS) is 13.4. The summed E-state index contributed by atoms with van der Waals surface area (Å²) in [7, 11) is 3.05. The Labute approximate surface area is 146 Å². The highest BCUT2D eigenvalue weighted by Gasteiger charge is 2.24. The van der Waals surface area contributed by atoms with E-state index in [1.807, 2.05) is 6.07 Å². The predicted molar refractivity (Wildman–Crippen MR) is 91.8 cm³/mol. The molecule has 2 rings (SSSR count). The molecule has 1 fully saturated rings. The predicted octanol–water partition coefficient (Wildman–Crippen LogP) is 0.989. The number of methoxy groups -OCH3 is 1. The summed E-state index contributed by atoms with van der Waals surface area (Å²) in [6.45, 7) is -0.457. The van der Waals surface area contributed by atoms with Crippen molar-refractivity contribution in [1.29, 1.82) is 0 Å². The molecule has 0 heterocycles. The van der Waals surface area contributed by atoms with Gasteiger partial charge in [-0.25, -0.2) is 4.79 Å². The first-order valence-corrected chi connectivity index (χ1v) is 8.00. The van der Waals surface area contributed by atoms with Gasteiger partial charge in [0.15, 0.2) is 6.61 Å². The van der Waals surface area contributed by atoms with Crippen LogP contribution in [-0.4, -0.2) is 56.0 Å². The van der Waals surface area contributed by atoms with Crippen molar-refractivity contribution >= 4 is 23.9 Å². The molecule has 1 aliphatic carbocycles. The molecule has 0 radical (unpaired) electrons. The number of nitrogens with zero attached hydrogens (tertiary/aromatic N) is 1. The molecule has 1 aromatic carbocycles. The minimum absolute atomic E-state index is 0.0491. The fourth-order valence-electron chi connectivity index (χ4n) is 2.01. The average molecular weight is 346 g/mol. The van der Waals surface area contributed by atoms with Crippen molar-refractivity contribution < 1.29 is 23.9 Å². The van der Waals surface area contributed by atoms with E-state index in [-0.39, 0.29) is 18.5 Å². The molecule has 1 aromatic rings. The lowest BCUT2D eigenvalue weighted by Gasteiger charge is -2.16. The Hall–Kier alpha value is -2.83. The molecule has 1 aliphatic rings. The minimum Gasteiger partial charge on any atom is -0.497 e. The van der Waals surface area contributed by atoms with E-state index in [9.17, 15) is 14.4 Å². The monoisotopic (exact) mass is 346 g/mol. The molecule has 0 aromatic heterocycles. The lowest BCUT2D eigenvalue weighted by molar-refractivity contribution is -0.148. The molecular weight excluding hydrogens is 324 g/mol. The number of hydrogen-bond acceptors (Lipinski definition) is 5. The van der Waals surface area contributed by atoms with Gasteiger partial charge < -0.3 is 19.7 Å². The summed E-state index contributed by atoms with van der Waals surface area (Å²) in [6, 6.07) is 7.42. The summed E-state index contributed by atoms with van der Waals surface area (Å²) in [5.41, 5.74) is 0.775. The molecule has 0 bridgehead atoms. The number of rotatable bonds is 8. The molecule has 0 spiro atoms. The number of likely N-dealkylation sites (N-methyl/N-ethyl adjacent to an activating group) is 1. The number of hydrogen-bond donors (Lipinski definition) is 1. The second kappa shape index (κ2) is 8.86. The summed E-state index contributed by atoms with van der Waals surface area (Å²) in [4.78, 5) is 36.4. The van der Waals surface area contributed by atoms with Gasteiger partial charge in [0, 0.05) is 19.2 Å². The van der Waals surface area contributed by atoms with Crippen LogP contribution in [0, 0.1) is 0 Å². The molecule has 25 heavy (non-hydrogen) atoms. The third-order valence-electron chi connectivity index (χ3n) is 3.59. The highest BCUT2D eigenvalue weighted by Crippen LogP contribution is 2.18. The maximum atomic E-state index is 11.9. The maximum Gasteiger partial charge on any atom is 0.331 e. The van der Waals surface area contributed by atoms with Crippen LogP contribution in [0.4, 0.5) is 0 Å². The topological polar surface area (TPSA) is 84.9 Å². The van der Waals surface area contributed by atoms with Crippen molar-refractivity contribution in [3.8, 4) is 5.75 Å². The van der Waals surface area contributed by atoms with Crippen LogP contribution in [0.2, 0.25) is 0 Å². The Morgan fingerprint density at radius 3 is 2.76 bits per heavy atom. The Morgan fingerprint density at radius 2 is 2.08 bits per heavy atom.